The Morgan fingerprint density at radius 2 is 0.565 bits per heavy atom. The summed E-state index contributed by atoms with van der Waals surface area (Å²) >= 11 is 0. The molecule has 6 nitrogen and oxygen atoms in total. The number of carbonyl (C=O) groups excluding carboxylic acids is 3. The van der Waals surface area contributed by atoms with Crippen molar-refractivity contribution in [2.24, 2.45) is 0 Å². The molecule has 1 unspecified atom stereocenters. The molecule has 0 N–H and O–H groups in total. The van der Waals surface area contributed by atoms with Gasteiger partial charge in [0.1, 0.15) is 13.2 Å². The second-order valence-corrected chi connectivity index (χ2v) is 19.5. The molecule has 0 spiro atoms. The lowest BCUT2D eigenvalue weighted by atomic mass is 10.1. The van der Waals surface area contributed by atoms with Gasteiger partial charge in [-0.25, -0.2) is 0 Å². The molecule has 0 aromatic rings. The zero-order valence-corrected chi connectivity index (χ0v) is 45.6. The van der Waals surface area contributed by atoms with Crippen molar-refractivity contribution in [1.82, 2.24) is 0 Å². The predicted octanol–water partition coefficient (Wildman–Crippen LogP) is 19.8. The summed E-state index contributed by atoms with van der Waals surface area (Å²) in [6.45, 7) is 6.51. The van der Waals surface area contributed by atoms with Gasteiger partial charge in [-0.2, -0.15) is 0 Å². The van der Waals surface area contributed by atoms with Gasteiger partial charge < -0.3 is 14.2 Å². The lowest BCUT2D eigenvalue weighted by molar-refractivity contribution is -0.167. The van der Waals surface area contributed by atoms with Gasteiger partial charge in [-0.3, -0.25) is 14.4 Å². The molecule has 0 saturated heterocycles. The molecule has 0 amide bonds. The largest absolute Gasteiger partial charge is 0.462 e. The summed E-state index contributed by atoms with van der Waals surface area (Å²) in [4.78, 5) is 38.2. The lowest BCUT2D eigenvalue weighted by Crippen LogP contribution is -2.30. The number of unbranched alkanes of at least 4 members (excludes halogenated alkanes) is 30. The number of ether oxygens (including phenoxy) is 3. The smallest absolute Gasteiger partial charge is 0.306 e. The summed E-state index contributed by atoms with van der Waals surface area (Å²) < 4.78 is 16.9. The van der Waals surface area contributed by atoms with Crippen molar-refractivity contribution in [2.75, 3.05) is 13.2 Å². The van der Waals surface area contributed by atoms with E-state index in [1.807, 2.05) is 0 Å². The maximum atomic E-state index is 12.9. The Labute approximate surface area is 427 Å². The standard InChI is InChI=1S/C63H110O6/c1-4-7-10-13-16-19-22-25-27-29-31-33-35-38-41-44-47-50-53-56-62(65)68-59-60(58-67-61(64)55-52-49-46-43-40-37-24-21-18-15-12-9-6-3)69-63(66)57-54-51-48-45-42-39-36-34-32-30-28-26-23-20-17-14-11-8-5-2/h7,10,16,19,21,24-28,31,33,60H,4-6,8-9,11-15,17-18,20,22-23,29-30,32,34-59H2,1-3H3/b10-7-,19-16-,24-21-,27-25-,28-26-,33-31-. The van der Waals surface area contributed by atoms with Crippen LogP contribution < -0.4 is 0 Å². The number of allylic oxidation sites excluding steroid dienone is 12. The van der Waals surface area contributed by atoms with Crippen LogP contribution in [-0.2, 0) is 28.6 Å². The number of rotatable bonds is 53. The molecular formula is C63H110O6. The van der Waals surface area contributed by atoms with E-state index in [9.17, 15) is 14.4 Å². The highest BCUT2D eigenvalue weighted by Gasteiger charge is 2.19. The van der Waals surface area contributed by atoms with Gasteiger partial charge >= 0.3 is 17.9 Å². The highest BCUT2D eigenvalue weighted by molar-refractivity contribution is 5.71. The van der Waals surface area contributed by atoms with Crippen LogP contribution in [0.3, 0.4) is 0 Å². The normalized spacial score (nSPS) is 12.6. The first kappa shape index (κ1) is 65.8. The summed E-state index contributed by atoms with van der Waals surface area (Å²) in [6.07, 6.45) is 73.2. The first-order valence-electron chi connectivity index (χ1n) is 29.4. The van der Waals surface area contributed by atoms with Crippen LogP contribution in [-0.4, -0.2) is 37.2 Å². The molecule has 0 radical (unpaired) electrons. The summed E-state index contributed by atoms with van der Waals surface area (Å²) in [6, 6.07) is 0. The fraction of sp³-hybridized carbons (Fsp3) is 0.762. The SMILES string of the molecule is CC/C=C\C/C=C\C/C=C\C/C=C\CCCCCCCCC(=O)OCC(COC(=O)CCCCCCC/C=C\CCCCCC)OC(=O)CCCCCCCCCCC/C=C\CCCCCCCC. The third kappa shape index (κ3) is 55.6. The van der Waals surface area contributed by atoms with E-state index in [1.54, 1.807) is 0 Å². The lowest BCUT2D eigenvalue weighted by Gasteiger charge is -2.18. The molecule has 0 aliphatic heterocycles. The van der Waals surface area contributed by atoms with E-state index in [1.165, 1.54) is 154 Å². The van der Waals surface area contributed by atoms with Gasteiger partial charge in [-0.1, -0.05) is 235 Å². The second-order valence-electron chi connectivity index (χ2n) is 19.5. The highest BCUT2D eigenvalue weighted by atomic mass is 16.6. The van der Waals surface area contributed by atoms with Crippen molar-refractivity contribution < 1.29 is 28.6 Å². The Morgan fingerprint density at radius 1 is 0.304 bits per heavy atom. The first-order chi connectivity index (χ1) is 34.0. The van der Waals surface area contributed by atoms with Gasteiger partial charge in [-0.05, 0) is 109 Å². The zero-order chi connectivity index (χ0) is 50.0. The predicted molar refractivity (Wildman–Crippen MR) is 298 cm³/mol. The molecule has 69 heavy (non-hydrogen) atoms. The number of hydrogen-bond acceptors (Lipinski definition) is 6. The van der Waals surface area contributed by atoms with Gasteiger partial charge in [0, 0.05) is 19.3 Å². The average molecular weight is 964 g/mol. The van der Waals surface area contributed by atoms with Gasteiger partial charge in [0.2, 0.25) is 0 Å². The van der Waals surface area contributed by atoms with E-state index >= 15 is 0 Å². The topological polar surface area (TPSA) is 78.9 Å². The van der Waals surface area contributed by atoms with Crippen LogP contribution >= 0.6 is 0 Å². The summed E-state index contributed by atoms with van der Waals surface area (Å²) in [5.74, 6) is -0.899. The minimum atomic E-state index is -0.786. The second kappa shape index (κ2) is 57.4. The maximum Gasteiger partial charge on any atom is 0.306 e. The summed E-state index contributed by atoms with van der Waals surface area (Å²) in [7, 11) is 0. The van der Waals surface area contributed by atoms with E-state index in [0.29, 0.717) is 19.3 Å². The Bertz CT molecular complexity index is 1290. The van der Waals surface area contributed by atoms with E-state index < -0.39 is 6.10 Å². The third-order valence-corrected chi connectivity index (χ3v) is 12.7. The fourth-order valence-electron chi connectivity index (χ4n) is 8.25. The van der Waals surface area contributed by atoms with Crippen molar-refractivity contribution in [1.29, 1.82) is 0 Å². The molecule has 0 heterocycles. The van der Waals surface area contributed by atoms with Crippen LogP contribution in [0.1, 0.15) is 290 Å². The summed E-state index contributed by atoms with van der Waals surface area (Å²) in [5.41, 5.74) is 0. The minimum Gasteiger partial charge on any atom is -0.462 e. The molecule has 1 atom stereocenters. The monoisotopic (exact) mass is 963 g/mol. The Morgan fingerprint density at radius 3 is 0.913 bits per heavy atom. The van der Waals surface area contributed by atoms with Crippen molar-refractivity contribution in [2.45, 2.75) is 297 Å². The molecule has 0 bridgehead atoms. The fourth-order valence-corrected chi connectivity index (χ4v) is 8.25. The van der Waals surface area contributed by atoms with Crippen molar-refractivity contribution in [3.63, 3.8) is 0 Å². The molecule has 0 aromatic heterocycles. The number of carbonyl (C=O) groups is 3. The first-order valence-corrected chi connectivity index (χ1v) is 29.4. The zero-order valence-electron chi connectivity index (χ0n) is 45.6. The maximum absolute atomic E-state index is 12.9. The van der Waals surface area contributed by atoms with Crippen molar-refractivity contribution in [3.05, 3.63) is 72.9 Å². The van der Waals surface area contributed by atoms with Gasteiger partial charge in [0.15, 0.2) is 6.10 Å². The molecule has 0 rings (SSSR count). The van der Waals surface area contributed by atoms with Crippen LogP contribution in [0.25, 0.3) is 0 Å². The minimum absolute atomic E-state index is 0.0843. The van der Waals surface area contributed by atoms with Crippen molar-refractivity contribution >= 4 is 17.9 Å². The Kier molecular flexibility index (Phi) is 54.8. The van der Waals surface area contributed by atoms with Crippen LogP contribution in [0.2, 0.25) is 0 Å². The molecule has 0 aliphatic rings. The molecule has 398 valence electrons. The van der Waals surface area contributed by atoms with Gasteiger partial charge in [-0.15, -0.1) is 0 Å². The third-order valence-electron chi connectivity index (χ3n) is 12.7. The van der Waals surface area contributed by atoms with Gasteiger partial charge in [0.25, 0.3) is 0 Å². The molecule has 0 aliphatic carbocycles. The van der Waals surface area contributed by atoms with E-state index in [-0.39, 0.29) is 31.1 Å². The Balaban J connectivity index is 4.39. The molecule has 0 fully saturated rings. The quantitative estimate of drug-likeness (QED) is 0.0262. The molecule has 0 saturated carbocycles. The van der Waals surface area contributed by atoms with E-state index in [4.69, 9.17) is 14.2 Å². The number of hydrogen-bond donors (Lipinski definition) is 0. The number of esters is 3. The van der Waals surface area contributed by atoms with Crippen LogP contribution in [0.4, 0.5) is 0 Å². The highest BCUT2D eigenvalue weighted by Crippen LogP contribution is 2.15. The van der Waals surface area contributed by atoms with Gasteiger partial charge in [0.05, 0.1) is 0 Å². The summed E-state index contributed by atoms with van der Waals surface area (Å²) in [5, 5.41) is 0. The van der Waals surface area contributed by atoms with Crippen LogP contribution in [0, 0.1) is 0 Å². The molecule has 6 heteroatoms. The Hall–Kier alpha value is -3.15. The van der Waals surface area contributed by atoms with Crippen LogP contribution in [0.15, 0.2) is 72.9 Å². The average Bonchev–Trinajstić information content (AvgIpc) is 3.35. The van der Waals surface area contributed by atoms with Crippen molar-refractivity contribution in [3.8, 4) is 0 Å². The van der Waals surface area contributed by atoms with Crippen LogP contribution in [0.5, 0.6) is 0 Å². The molecule has 0 aromatic carbocycles. The van der Waals surface area contributed by atoms with E-state index in [2.05, 4.69) is 93.7 Å². The molecular weight excluding hydrogens is 853 g/mol. The van der Waals surface area contributed by atoms with E-state index in [0.717, 1.165) is 96.3 Å².